The van der Waals surface area contributed by atoms with Crippen LogP contribution in [0.5, 0.6) is 0 Å². The summed E-state index contributed by atoms with van der Waals surface area (Å²) in [6, 6.07) is 2.13. The van der Waals surface area contributed by atoms with E-state index in [-0.39, 0.29) is 49.8 Å². The zero-order valence-corrected chi connectivity index (χ0v) is 16.0. The molecule has 0 unspecified atom stereocenters. The third kappa shape index (κ3) is 7.41. The third-order valence-electron chi connectivity index (χ3n) is 3.81. The summed E-state index contributed by atoms with van der Waals surface area (Å²) in [5.41, 5.74) is 0.443. The lowest BCUT2D eigenvalue weighted by Gasteiger charge is -2.32. The van der Waals surface area contributed by atoms with Crippen LogP contribution in [0.15, 0.2) is 12.3 Å². The fourth-order valence-corrected chi connectivity index (χ4v) is 2.49. The fraction of sp³-hybridized carbons (Fsp3) is 0.600. The molecule has 1 aromatic rings. The highest BCUT2D eigenvalue weighted by Crippen LogP contribution is 2.17. The van der Waals surface area contributed by atoms with Gasteiger partial charge in [-0.1, -0.05) is 0 Å². The maximum absolute atomic E-state index is 12.1. The highest BCUT2D eigenvalue weighted by atomic mass is 35.5. The van der Waals surface area contributed by atoms with E-state index in [9.17, 15) is 9.59 Å². The Labute approximate surface area is 159 Å². The van der Waals surface area contributed by atoms with Crippen molar-refractivity contribution in [3.8, 4) is 0 Å². The molecule has 2 rings (SSSR count). The predicted molar refractivity (Wildman–Crippen MR) is 99.8 cm³/mol. The number of carbonyl (C=O) groups excluding carboxylic acids is 2. The Morgan fingerprint density at radius 2 is 2.04 bits per heavy atom. The van der Waals surface area contributed by atoms with Crippen molar-refractivity contribution in [2.45, 2.75) is 25.8 Å². The second-order valence-corrected chi connectivity index (χ2v) is 5.49. The average molecular weight is 394 g/mol. The molecule has 8 nitrogen and oxygen atoms in total. The smallest absolute Gasteiger partial charge is 0.302 e. The average Bonchev–Trinajstić information content (AvgIpc) is 2.58. The first-order valence-corrected chi connectivity index (χ1v) is 7.76. The first kappa shape index (κ1) is 23.4. The monoisotopic (exact) mass is 393 g/mol. The van der Waals surface area contributed by atoms with E-state index in [1.54, 1.807) is 6.07 Å². The number of hydrogen-bond acceptors (Lipinski definition) is 7. The number of aromatic nitrogens is 2. The van der Waals surface area contributed by atoms with Crippen LogP contribution in [0.3, 0.4) is 0 Å². The Hall–Kier alpha value is -1.64. The van der Waals surface area contributed by atoms with E-state index < -0.39 is 0 Å². The number of carbonyl (C=O) groups is 2. The predicted octanol–water partition coefficient (Wildman–Crippen LogP) is 0.801. The van der Waals surface area contributed by atoms with E-state index in [0.29, 0.717) is 17.4 Å². The minimum Gasteiger partial charge on any atom is -0.464 e. The van der Waals surface area contributed by atoms with Gasteiger partial charge in [0.1, 0.15) is 6.61 Å². The maximum Gasteiger partial charge on any atom is 0.302 e. The van der Waals surface area contributed by atoms with Crippen LogP contribution in [-0.2, 0) is 9.53 Å². The Balaban J connectivity index is 0.00000288. The standard InChI is InChI=1S/C15H23N5O3.2ClH/c1-11(21)23-8-7-17-15(22)12-9-14(19-18-10-12)20(2)13-3-5-16-6-4-13;;/h9-10,13,16H,3-8H2,1-2H3,(H,17,22);2*1H. The molecule has 0 saturated carbocycles. The zero-order chi connectivity index (χ0) is 16.7. The zero-order valence-electron chi connectivity index (χ0n) is 14.4. The lowest BCUT2D eigenvalue weighted by molar-refractivity contribution is -0.140. The maximum atomic E-state index is 12.1. The summed E-state index contributed by atoms with van der Waals surface area (Å²) in [4.78, 5) is 24.8. The van der Waals surface area contributed by atoms with Crippen LogP contribution in [-0.4, -0.2) is 61.4 Å². The summed E-state index contributed by atoms with van der Waals surface area (Å²) in [5, 5.41) is 14.1. The first-order chi connectivity index (χ1) is 11.1. The molecule has 2 heterocycles. The van der Waals surface area contributed by atoms with Crippen LogP contribution in [0.2, 0.25) is 0 Å². The van der Waals surface area contributed by atoms with Gasteiger partial charge in [-0.05, 0) is 32.0 Å². The highest BCUT2D eigenvalue weighted by molar-refractivity contribution is 5.94. The van der Waals surface area contributed by atoms with Crippen molar-refractivity contribution < 1.29 is 14.3 Å². The van der Waals surface area contributed by atoms with Gasteiger partial charge < -0.3 is 20.3 Å². The number of piperidine rings is 1. The second kappa shape index (κ2) is 11.8. The molecule has 1 aliphatic rings. The molecule has 2 N–H and O–H groups in total. The van der Waals surface area contributed by atoms with Crippen molar-refractivity contribution >= 4 is 42.5 Å². The SMILES string of the molecule is CC(=O)OCCNC(=O)c1cnnc(N(C)C2CCNCC2)c1.Cl.Cl. The van der Waals surface area contributed by atoms with E-state index in [2.05, 4.69) is 25.7 Å². The molecule has 1 amide bonds. The number of anilines is 1. The van der Waals surface area contributed by atoms with Crippen LogP contribution < -0.4 is 15.5 Å². The molecule has 1 aromatic heterocycles. The van der Waals surface area contributed by atoms with Gasteiger partial charge in [-0.15, -0.1) is 29.9 Å². The number of amides is 1. The molecular formula is C15H25Cl2N5O3. The van der Waals surface area contributed by atoms with Crippen LogP contribution in [0.25, 0.3) is 0 Å². The summed E-state index contributed by atoms with van der Waals surface area (Å²) >= 11 is 0. The molecule has 0 radical (unpaired) electrons. The topological polar surface area (TPSA) is 96.4 Å². The van der Waals surface area contributed by atoms with Crippen molar-refractivity contribution in [3.63, 3.8) is 0 Å². The molecular weight excluding hydrogens is 369 g/mol. The van der Waals surface area contributed by atoms with Gasteiger partial charge >= 0.3 is 5.97 Å². The van der Waals surface area contributed by atoms with Gasteiger partial charge in [0.25, 0.3) is 5.91 Å². The second-order valence-electron chi connectivity index (χ2n) is 5.49. The van der Waals surface area contributed by atoms with E-state index in [1.165, 1.54) is 13.1 Å². The lowest BCUT2D eigenvalue weighted by atomic mass is 10.1. The lowest BCUT2D eigenvalue weighted by Crippen LogP contribution is -2.41. The highest BCUT2D eigenvalue weighted by Gasteiger charge is 2.20. The molecule has 142 valence electrons. The van der Waals surface area contributed by atoms with Crippen LogP contribution in [0.1, 0.15) is 30.1 Å². The van der Waals surface area contributed by atoms with Gasteiger partial charge in [0, 0.05) is 20.0 Å². The largest absolute Gasteiger partial charge is 0.464 e. The first-order valence-electron chi connectivity index (χ1n) is 7.76. The number of rotatable bonds is 6. The summed E-state index contributed by atoms with van der Waals surface area (Å²) in [6.45, 7) is 3.72. The van der Waals surface area contributed by atoms with Crippen LogP contribution in [0.4, 0.5) is 5.82 Å². The molecule has 1 aliphatic heterocycles. The molecule has 0 aliphatic carbocycles. The normalized spacial score (nSPS) is 13.8. The molecule has 25 heavy (non-hydrogen) atoms. The Kier molecular flexibility index (Phi) is 11.1. The summed E-state index contributed by atoms with van der Waals surface area (Å²) in [6.07, 6.45) is 3.51. The number of hydrogen-bond donors (Lipinski definition) is 2. The van der Waals surface area contributed by atoms with Gasteiger partial charge in [-0.25, -0.2) is 0 Å². The quantitative estimate of drug-likeness (QED) is 0.544. The summed E-state index contributed by atoms with van der Waals surface area (Å²) < 4.78 is 4.77. The number of ether oxygens (including phenoxy) is 1. The van der Waals surface area contributed by atoms with E-state index in [0.717, 1.165) is 25.9 Å². The van der Waals surface area contributed by atoms with Crippen molar-refractivity contribution in [3.05, 3.63) is 17.8 Å². The number of halogens is 2. The van der Waals surface area contributed by atoms with Crippen molar-refractivity contribution in [1.29, 1.82) is 0 Å². The summed E-state index contributed by atoms with van der Waals surface area (Å²) in [7, 11) is 1.97. The van der Waals surface area contributed by atoms with Crippen molar-refractivity contribution in [2.75, 3.05) is 38.2 Å². The molecule has 0 atom stereocenters. The molecule has 1 fully saturated rings. The van der Waals surface area contributed by atoms with E-state index in [4.69, 9.17) is 4.74 Å². The van der Waals surface area contributed by atoms with Crippen LogP contribution >= 0.6 is 24.8 Å². The van der Waals surface area contributed by atoms with Crippen molar-refractivity contribution in [2.24, 2.45) is 0 Å². The molecule has 1 saturated heterocycles. The van der Waals surface area contributed by atoms with Gasteiger partial charge in [0.2, 0.25) is 0 Å². The molecule has 0 spiro atoms. The Morgan fingerprint density at radius 1 is 1.36 bits per heavy atom. The third-order valence-corrected chi connectivity index (χ3v) is 3.81. The van der Waals surface area contributed by atoms with Crippen molar-refractivity contribution in [1.82, 2.24) is 20.8 Å². The minimum atomic E-state index is -0.365. The summed E-state index contributed by atoms with van der Waals surface area (Å²) in [5.74, 6) is 0.0623. The van der Waals surface area contributed by atoms with Gasteiger partial charge in [-0.2, -0.15) is 5.10 Å². The molecule has 10 heteroatoms. The fourth-order valence-electron chi connectivity index (χ4n) is 2.49. The Morgan fingerprint density at radius 3 is 2.68 bits per heavy atom. The van der Waals surface area contributed by atoms with Gasteiger partial charge in [0.05, 0.1) is 18.3 Å². The van der Waals surface area contributed by atoms with Gasteiger partial charge in [0.15, 0.2) is 5.82 Å². The Bertz CT molecular complexity index is 556. The van der Waals surface area contributed by atoms with Gasteiger partial charge in [-0.3, -0.25) is 9.59 Å². The molecule has 0 aromatic carbocycles. The number of nitrogens with one attached hydrogen (secondary N) is 2. The molecule has 0 bridgehead atoms. The number of nitrogens with zero attached hydrogens (tertiary/aromatic N) is 3. The van der Waals surface area contributed by atoms with E-state index in [1.807, 2.05) is 7.05 Å². The van der Waals surface area contributed by atoms with E-state index >= 15 is 0 Å². The van der Waals surface area contributed by atoms with Crippen LogP contribution in [0, 0.1) is 0 Å². The minimum absolute atomic E-state index is 0. The number of esters is 1.